The molecule has 0 saturated heterocycles. The van der Waals surface area contributed by atoms with Gasteiger partial charge in [0.15, 0.2) is 0 Å². The third kappa shape index (κ3) is 8.12. The standard InChI is InChI=1S/C14H32N2/c1-6-8-11-16(7-2)14(5)9-10-15-12-13(3)4/h13-15H,6-12H2,1-5H3. The summed E-state index contributed by atoms with van der Waals surface area (Å²) in [4.78, 5) is 2.60. The zero-order valence-corrected chi connectivity index (χ0v) is 12.1. The monoisotopic (exact) mass is 228 g/mol. The van der Waals surface area contributed by atoms with Crippen LogP contribution >= 0.6 is 0 Å². The van der Waals surface area contributed by atoms with Gasteiger partial charge in [-0.3, -0.25) is 0 Å². The molecule has 0 aromatic rings. The van der Waals surface area contributed by atoms with Crippen molar-refractivity contribution in [1.29, 1.82) is 0 Å². The lowest BCUT2D eigenvalue weighted by Gasteiger charge is -2.28. The minimum absolute atomic E-state index is 0.719. The van der Waals surface area contributed by atoms with Gasteiger partial charge in [-0.05, 0) is 51.9 Å². The van der Waals surface area contributed by atoms with Gasteiger partial charge in [0.25, 0.3) is 0 Å². The largest absolute Gasteiger partial charge is 0.316 e. The van der Waals surface area contributed by atoms with E-state index in [-0.39, 0.29) is 0 Å². The van der Waals surface area contributed by atoms with Crippen LogP contribution in [0.3, 0.4) is 0 Å². The van der Waals surface area contributed by atoms with Gasteiger partial charge in [-0.2, -0.15) is 0 Å². The van der Waals surface area contributed by atoms with Crippen LogP contribution in [0.5, 0.6) is 0 Å². The van der Waals surface area contributed by atoms with Crippen molar-refractivity contribution < 1.29 is 0 Å². The van der Waals surface area contributed by atoms with Gasteiger partial charge < -0.3 is 10.2 Å². The van der Waals surface area contributed by atoms with Crippen LogP contribution in [0.1, 0.15) is 53.9 Å². The summed E-state index contributed by atoms with van der Waals surface area (Å²) < 4.78 is 0. The highest BCUT2D eigenvalue weighted by atomic mass is 15.1. The van der Waals surface area contributed by atoms with E-state index in [1.807, 2.05) is 0 Å². The van der Waals surface area contributed by atoms with Gasteiger partial charge in [0.2, 0.25) is 0 Å². The Balaban J connectivity index is 3.62. The molecule has 0 radical (unpaired) electrons. The van der Waals surface area contributed by atoms with E-state index < -0.39 is 0 Å². The maximum atomic E-state index is 3.52. The Hall–Kier alpha value is -0.0800. The molecule has 0 aliphatic heterocycles. The first-order valence-electron chi connectivity index (χ1n) is 7.06. The molecule has 0 aromatic carbocycles. The molecule has 2 nitrogen and oxygen atoms in total. The lowest BCUT2D eigenvalue weighted by molar-refractivity contribution is 0.205. The van der Waals surface area contributed by atoms with E-state index in [9.17, 15) is 0 Å². The van der Waals surface area contributed by atoms with Crippen molar-refractivity contribution in [3.8, 4) is 0 Å². The molecule has 0 aromatic heterocycles. The van der Waals surface area contributed by atoms with E-state index in [0.29, 0.717) is 0 Å². The molecule has 0 amide bonds. The maximum absolute atomic E-state index is 3.52. The zero-order valence-electron chi connectivity index (χ0n) is 12.1. The lowest BCUT2D eigenvalue weighted by Crippen LogP contribution is -2.36. The highest BCUT2D eigenvalue weighted by Crippen LogP contribution is 2.05. The van der Waals surface area contributed by atoms with Crippen LogP contribution in [0.25, 0.3) is 0 Å². The molecule has 0 rings (SSSR count). The molecular formula is C14H32N2. The normalized spacial score (nSPS) is 13.7. The summed E-state index contributed by atoms with van der Waals surface area (Å²) in [7, 11) is 0. The number of nitrogens with one attached hydrogen (secondary N) is 1. The second kappa shape index (κ2) is 10.1. The number of rotatable bonds is 10. The fourth-order valence-corrected chi connectivity index (χ4v) is 1.94. The number of hydrogen-bond donors (Lipinski definition) is 1. The van der Waals surface area contributed by atoms with Crippen molar-refractivity contribution in [3.05, 3.63) is 0 Å². The van der Waals surface area contributed by atoms with Crippen LogP contribution in [0, 0.1) is 5.92 Å². The van der Waals surface area contributed by atoms with Gasteiger partial charge in [0.05, 0.1) is 0 Å². The first-order valence-corrected chi connectivity index (χ1v) is 7.06. The second-order valence-corrected chi connectivity index (χ2v) is 5.22. The van der Waals surface area contributed by atoms with Gasteiger partial charge in [-0.25, -0.2) is 0 Å². The second-order valence-electron chi connectivity index (χ2n) is 5.22. The molecule has 0 bridgehead atoms. The molecule has 98 valence electrons. The molecule has 16 heavy (non-hydrogen) atoms. The highest BCUT2D eigenvalue weighted by Gasteiger charge is 2.10. The molecule has 0 saturated carbocycles. The summed E-state index contributed by atoms with van der Waals surface area (Å²) in [5.41, 5.74) is 0. The Morgan fingerprint density at radius 3 is 2.31 bits per heavy atom. The van der Waals surface area contributed by atoms with Gasteiger partial charge in [0, 0.05) is 6.04 Å². The molecule has 0 heterocycles. The van der Waals surface area contributed by atoms with Crippen molar-refractivity contribution in [3.63, 3.8) is 0 Å². The molecule has 0 fully saturated rings. The van der Waals surface area contributed by atoms with Crippen LogP contribution in [-0.4, -0.2) is 37.1 Å². The Morgan fingerprint density at radius 1 is 1.12 bits per heavy atom. The topological polar surface area (TPSA) is 15.3 Å². The summed E-state index contributed by atoms with van der Waals surface area (Å²) in [5, 5.41) is 3.52. The van der Waals surface area contributed by atoms with Crippen LogP contribution in [0.4, 0.5) is 0 Å². The number of hydrogen-bond acceptors (Lipinski definition) is 2. The van der Waals surface area contributed by atoms with Gasteiger partial charge in [0.1, 0.15) is 0 Å². The van der Waals surface area contributed by atoms with Gasteiger partial charge >= 0.3 is 0 Å². The zero-order chi connectivity index (χ0) is 12.4. The van der Waals surface area contributed by atoms with E-state index in [1.165, 1.54) is 32.4 Å². The summed E-state index contributed by atoms with van der Waals surface area (Å²) >= 11 is 0. The third-order valence-corrected chi connectivity index (χ3v) is 3.12. The minimum atomic E-state index is 0.719. The lowest BCUT2D eigenvalue weighted by atomic mass is 10.1. The Labute approximate surface area is 103 Å². The van der Waals surface area contributed by atoms with Crippen LogP contribution < -0.4 is 5.32 Å². The van der Waals surface area contributed by atoms with E-state index in [2.05, 4.69) is 44.8 Å². The van der Waals surface area contributed by atoms with Crippen molar-refractivity contribution in [2.75, 3.05) is 26.2 Å². The molecule has 1 N–H and O–H groups in total. The van der Waals surface area contributed by atoms with Crippen LogP contribution in [0.2, 0.25) is 0 Å². The fraction of sp³-hybridized carbons (Fsp3) is 1.00. The summed E-state index contributed by atoms with van der Waals surface area (Å²) in [6.07, 6.45) is 3.90. The average molecular weight is 228 g/mol. The van der Waals surface area contributed by atoms with Crippen molar-refractivity contribution in [2.45, 2.75) is 59.9 Å². The third-order valence-electron chi connectivity index (χ3n) is 3.12. The Kier molecular flexibility index (Phi) is 10.0. The highest BCUT2D eigenvalue weighted by molar-refractivity contribution is 4.67. The molecule has 0 spiro atoms. The van der Waals surface area contributed by atoms with E-state index >= 15 is 0 Å². The molecule has 0 aliphatic rings. The number of unbranched alkanes of at least 4 members (excludes halogenated alkanes) is 1. The number of nitrogens with zero attached hydrogens (tertiary/aromatic N) is 1. The smallest absolute Gasteiger partial charge is 0.00788 e. The Morgan fingerprint density at radius 2 is 1.81 bits per heavy atom. The van der Waals surface area contributed by atoms with Crippen molar-refractivity contribution >= 4 is 0 Å². The molecule has 1 atom stereocenters. The average Bonchev–Trinajstić information content (AvgIpc) is 2.25. The first-order chi connectivity index (χ1) is 7.61. The molecule has 2 heteroatoms. The summed E-state index contributed by atoms with van der Waals surface area (Å²) in [6, 6.07) is 0.719. The predicted octanol–water partition coefficient (Wildman–Crippen LogP) is 3.13. The first kappa shape index (κ1) is 15.9. The van der Waals surface area contributed by atoms with Gasteiger partial charge in [-0.1, -0.05) is 34.1 Å². The van der Waals surface area contributed by atoms with Crippen LogP contribution in [-0.2, 0) is 0 Å². The van der Waals surface area contributed by atoms with Crippen molar-refractivity contribution in [2.24, 2.45) is 5.92 Å². The van der Waals surface area contributed by atoms with Crippen LogP contribution in [0.15, 0.2) is 0 Å². The van der Waals surface area contributed by atoms with E-state index in [4.69, 9.17) is 0 Å². The van der Waals surface area contributed by atoms with E-state index in [0.717, 1.165) is 25.0 Å². The minimum Gasteiger partial charge on any atom is -0.316 e. The maximum Gasteiger partial charge on any atom is 0.00788 e. The summed E-state index contributed by atoms with van der Waals surface area (Å²) in [5.74, 6) is 0.762. The quantitative estimate of drug-likeness (QED) is 0.578. The van der Waals surface area contributed by atoms with Crippen molar-refractivity contribution in [1.82, 2.24) is 10.2 Å². The van der Waals surface area contributed by atoms with Gasteiger partial charge in [-0.15, -0.1) is 0 Å². The molecular weight excluding hydrogens is 196 g/mol. The fourth-order valence-electron chi connectivity index (χ4n) is 1.94. The predicted molar refractivity (Wildman–Crippen MR) is 73.9 cm³/mol. The molecule has 1 unspecified atom stereocenters. The van der Waals surface area contributed by atoms with E-state index in [1.54, 1.807) is 0 Å². The SMILES string of the molecule is CCCCN(CC)C(C)CCNCC(C)C. The molecule has 0 aliphatic carbocycles. The summed E-state index contributed by atoms with van der Waals surface area (Å²) in [6.45, 7) is 16.2. The Bertz CT molecular complexity index is 146.